The largest absolute Gasteiger partial charge is 0.360 e. The summed E-state index contributed by atoms with van der Waals surface area (Å²) in [6.45, 7) is 1.80. The fourth-order valence-electron chi connectivity index (χ4n) is 1.94. The molecule has 8 heteroatoms. The summed E-state index contributed by atoms with van der Waals surface area (Å²) in [5, 5.41) is 10.3. The molecule has 2 heterocycles. The van der Waals surface area contributed by atoms with Gasteiger partial charge in [-0.25, -0.2) is 4.98 Å². The number of aromatic nitrogens is 2. The predicted molar refractivity (Wildman–Crippen MR) is 93.2 cm³/mol. The molecule has 0 saturated carbocycles. The average molecular weight is 363 g/mol. The standard InChI is InChI=1S/C16H12Cl2N4O2/c1-9-6-15(22-24-9)20-11-3-5-14(19-8-11)21-16(23)10-2-4-12(17)13(18)7-10/h2-8H,1H3,(H,20,22)(H,19,21,23). The van der Waals surface area contributed by atoms with E-state index in [-0.39, 0.29) is 5.91 Å². The lowest BCUT2D eigenvalue weighted by atomic mass is 10.2. The minimum atomic E-state index is -0.325. The van der Waals surface area contributed by atoms with Crippen LogP contribution in [0.15, 0.2) is 47.1 Å². The van der Waals surface area contributed by atoms with Crippen molar-refractivity contribution in [2.75, 3.05) is 10.6 Å². The molecule has 0 fully saturated rings. The highest BCUT2D eigenvalue weighted by Gasteiger charge is 2.09. The number of pyridine rings is 1. The maximum absolute atomic E-state index is 12.2. The summed E-state index contributed by atoms with van der Waals surface area (Å²) in [7, 11) is 0. The van der Waals surface area contributed by atoms with E-state index in [2.05, 4.69) is 20.8 Å². The molecule has 3 aromatic rings. The van der Waals surface area contributed by atoms with E-state index in [1.165, 1.54) is 6.07 Å². The summed E-state index contributed by atoms with van der Waals surface area (Å²) in [6.07, 6.45) is 1.58. The highest BCUT2D eigenvalue weighted by Crippen LogP contribution is 2.23. The average Bonchev–Trinajstić information content (AvgIpc) is 2.97. The van der Waals surface area contributed by atoms with Crippen LogP contribution < -0.4 is 10.6 Å². The van der Waals surface area contributed by atoms with Crippen molar-refractivity contribution in [2.24, 2.45) is 0 Å². The molecular formula is C16H12Cl2N4O2. The molecular weight excluding hydrogens is 351 g/mol. The van der Waals surface area contributed by atoms with Crippen LogP contribution in [0.1, 0.15) is 16.1 Å². The molecule has 1 aromatic carbocycles. The molecule has 0 aliphatic rings. The molecule has 6 nitrogen and oxygen atoms in total. The highest BCUT2D eigenvalue weighted by molar-refractivity contribution is 6.42. The number of hydrogen-bond acceptors (Lipinski definition) is 5. The third-order valence-electron chi connectivity index (χ3n) is 3.09. The van der Waals surface area contributed by atoms with Crippen molar-refractivity contribution in [3.8, 4) is 0 Å². The Morgan fingerprint density at radius 3 is 2.54 bits per heavy atom. The number of carbonyl (C=O) groups excluding carboxylic acids is 1. The Balaban J connectivity index is 1.67. The molecule has 0 aliphatic carbocycles. The summed E-state index contributed by atoms with van der Waals surface area (Å²) in [5.74, 6) is 1.37. The maximum atomic E-state index is 12.2. The van der Waals surface area contributed by atoms with E-state index in [0.29, 0.717) is 33.0 Å². The van der Waals surface area contributed by atoms with E-state index in [4.69, 9.17) is 27.7 Å². The molecule has 3 rings (SSSR count). The number of nitrogens with zero attached hydrogens (tertiary/aromatic N) is 2. The van der Waals surface area contributed by atoms with E-state index in [1.807, 2.05) is 0 Å². The second-order valence-corrected chi connectivity index (χ2v) is 5.78. The Morgan fingerprint density at radius 2 is 1.92 bits per heavy atom. The number of carbonyl (C=O) groups is 1. The zero-order chi connectivity index (χ0) is 17.1. The number of benzene rings is 1. The van der Waals surface area contributed by atoms with Gasteiger partial charge < -0.3 is 15.2 Å². The summed E-state index contributed by atoms with van der Waals surface area (Å²) in [5.41, 5.74) is 1.11. The highest BCUT2D eigenvalue weighted by atomic mass is 35.5. The van der Waals surface area contributed by atoms with Gasteiger partial charge in [0, 0.05) is 11.6 Å². The van der Waals surface area contributed by atoms with Gasteiger partial charge in [0.2, 0.25) is 0 Å². The van der Waals surface area contributed by atoms with E-state index < -0.39 is 0 Å². The smallest absolute Gasteiger partial charge is 0.256 e. The third-order valence-corrected chi connectivity index (χ3v) is 3.83. The Kier molecular flexibility index (Phi) is 4.69. The van der Waals surface area contributed by atoms with Crippen LogP contribution in [0.5, 0.6) is 0 Å². The molecule has 0 bridgehead atoms. The van der Waals surface area contributed by atoms with Gasteiger partial charge in [0.05, 0.1) is 21.9 Å². The van der Waals surface area contributed by atoms with Gasteiger partial charge >= 0.3 is 0 Å². The second kappa shape index (κ2) is 6.90. The number of aryl methyl sites for hydroxylation is 1. The Hall–Kier alpha value is -2.57. The lowest BCUT2D eigenvalue weighted by molar-refractivity contribution is 0.102. The Labute approximate surface area is 147 Å². The molecule has 2 N–H and O–H groups in total. The van der Waals surface area contributed by atoms with Gasteiger partial charge in [0.1, 0.15) is 11.6 Å². The topological polar surface area (TPSA) is 80.0 Å². The first-order chi connectivity index (χ1) is 11.5. The monoisotopic (exact) mass is 362 g/mol. The van der Waals surface area contributed by atoms with Crippen LogP contribution in [-0.4, -0.2) is 16.0 Å². The second-order valence-electron chi connectivity index (χ2n) is 4.96. The molecule has 24 heavy (non-hydrogen) atoms. The van der Waals surface area contributed by atoms with Gasteiger partial charge in [-0.1, -0.05) is 28.4 Å². The van der Waals surface area contributed by atoms with Gasteiger partial charge in [-0.2, -0.15) is 0 Å². The minimum absolute atomic E-state index is 0.319. The number of anilines is 3. The van der Waals surface area contributed by atoms with Crippen LogP contribution in [0.2, 0.25) is 10.0 Å². The van der Waals surface area contributed by atoms with Crippen LogP contribution in [0.4, 0.5) is 17.3 Å². The number of rotatable bonds is 4. The van der Waals surface area contributed by atoms with Crippen LogP contribution in [0.3, 0.4) is 0 Å². The maximum Gasteiger partial charge on any atom is 0.256 e. The van der Waals surface area contributed by atoms with Crippen molar-refractivity contribution in [3.05, 3.63) is 64.0 Å². The first kappa shape index (κ1) is 16.3. The van der Waals surface area contributed by atoms with Gasteiger partial charge in [0.15, 0.2) is 5.82 Å². The summed E-state index contributed by atoms with van der Waals surface area (Å²) in [4.78, 5) is 16.3. The Morgan fingerprint density at radius 1 is 1.08 bits per heavy atom. The number of amides is 1. The van der Waals surface area contributed by atoms with Crippen molar-refractivity contribution in [1.29, 1.82) is 0 Å². The van der Waals surface area contributed by atoms with E-state index in [0.717, 1.165) is 5.69 Å². The third kappa shape index (κ3) is 3.84. The molecule has 0 spiro atoms. The van der Waals surface area contributed by atoms with Crippen LogP contribution in [0, 0.1) is 6.92 Å². The quantitative estimate of drug-likeness (QED) is 0.704. The summed E-state index contributed by atoms with van der Waals surface area (Å²) >= 11 is 11.7. The van der Waals surface area contributed by atoms with Crippen LogP contribution in [0.25, 0.3) is 0 Å². The molecule has 1 amide bonds. The van der Waals surface area contributed by atoms with Crippen molar-refractivity contribution >= 4 is 46.4 Å². The van der Waals surface area contributed by atoms with Crippen LogP contribution in [-0.2, 0) is 0 Å². The van der Waals surface area contributed by atoms with Crippen molar-refractivity contribution in [1.82, 2.24) is 10.1 Å². The van der Waals surface area contributed by atoms with Crippen molar-refractivity contribution < 1.29 is 9.32 Å². The van der Waals surface area contributed by atoms with Gasteiger partial charge in [-0.15, -0.1) is 0 Å². The number of nitrogens with one attached hydrogen (secondary N) is 2. The normalized spacial score (nSPS) is 10.5. The van der Waals surface area contributed by atoms with E-state index in [9.17, 15) is 4.79 Å². The molecule has 0 saturated heterocycles. The fourth-order valence-corrected chi connectivity index (χ4v) is 2.24. The van der Waals surface area contributed by atoms with Gasteiger partial charge in [-0.05, 0) is 37.3 Å². The lowest BCUT2D eigenvalue weighted by Crippen LogP contribution is -2.12. The van der Waals surface area contributed by atoms with Gasteiger partial charge in [-0.3, -0.25) is 4.79 Å². The predicted octanol–water partition coefficient (Wildman–Crippen LogP) is 4.68. The molecule has 0 unspecified atom stereocenters. The first-order valence-electron chi connectivity index (χ1n) is 6.94. The SMILES string of the molecule is Cc1cc(Nc2ccc(NC(=O)c3ccc(Cl)c(Cl)c3)nc2)no1. The lowest BCUT2D eigenvalue weighted by Gasteiger charge is -2.07. The first-order valence-corrected chi connectivity index (χ1v) is 7.69. The van der Waals surface area contributed by atoms with Crippen molar-refractivity contribution in [2.45, 2.75) is 6.92 Å². The molecule has 0 aliphatic heterocycles. The summed E-state index contributed by atoms with van der Waals surface area (Å²) in [6, 6.07) is 9.86. The molecule has 122 valence electrons. The molecule has 0 radical (unpaired) electrons. The fraction of sp³-hybridized carbons (Fsp3) is 0.0625. The van der Waals surface area contributed by atoms with E-state index in [1.54, 1.807) is 43.5 Å². The van der Waals surface area contributed by atoms with Crippen molar-refractivity contribution in [3.63, 3.8) is 0 Å². The minimum Gasteiger partial charge on any atom is -0.360 e. The van der Waals surface area contributed by atoms with E-state index >= 15 is 0 Å². The number of halogens is 2. The number of hydrogen-bond donors (Lipinski definition) is 2. The van der Waals surface area contributed by atoms with Crippen LogP contribution >= 0.6 is 23.2 Å². The van der Waals surface area contributed by atoms with Gasteiger partial charge in [0.25, 0.3) is 5.91 Å². The molecule has 0 atom stereocenters. The summed E-state index contributed by atoms with van der Waals surface area (Å²) < 4.78 is 4.97. The molecule has 2 aromatic heterocycles. The zero-order valence-electron chi connectivity index (χ0n) is 12.5. The Bertz CT molecular complexity index is 878. The zero-order valence-corrected chi connectivity index (χ0v) is 14.0.